The summed E-state index contributed by atoms with van der Waals surface area (Å²) in [5, 5.41) is 3.38. The second kappa shape index (κ2) is 8.60. The van der Waals surface area contributed by atoms with Crippen LogP contribution in [0.2, 0.25) is 0 Å². The first-order valence-corrected chi connectivity index (χ1v) is 10.1. The molecule has 5 heteroatoms. The van der Waals surface area contributed by atoms with Crippen LogP contribution in [0.15, 0.2) is 42.6 Å². The highest BCUT2D eigenvalue weighted by Gasteiger charge is 2.26. The predicted molar refractivity (Wildman–Crippen MR) is 112 cm³/mol. The van der Waals surface area contributed by atoms with E-state index >= 15 is 0 Å². The molecule has 1 fully saturated rings. The van der Waals surface area contributed by atoms with Crippen molar-refractivity contribution in [2.75, 3.05) is 14.2 Å². The highest BCUT2D eigenvalue weighted by atomic mass is 16.5. The first-order valence-electron chi connectivity index (χ1n) is 10.1. The minimum Gasteiger partial charge on any atom is -0.497 e. The zero-order chi connectivity index (χ0) is 20.2. The molecule has 0 saturated heterocycles. The van der Waals surface area contributed by atoms with Crippen LogP contribution in [-0.4, -0.2) is 26.6 Å². The van der Waals surface area contributed by atoms with Gasteiger partial charge < -0.3 is 19.5 Å². The molecule has 1 unspecified atom stereocenters. The zero-order valence-corrected chi connectivity index (χ0v) is 16.9. The highest BCUT2D eigenvalue weighted by Crippen LogP contribution is 2.40. The molecule has 1 aliphatic heterocycles. The van der Waals surface area contributed by atoms with Gasteiger partial charge in [-0.1, -0.05) is 12.1 Å². The molecule has 1 N–H and O–H groups in total. The fourth-order valence-electron chi connectivity index (χ4n) is 4.21. The quantitative estimate of drug-likeness (QED) is 0.704. The van der Waals surface area contributed by atoms with Crippen molar-refractivity contribution in [3.8, 4) is 17.2 Å². The van der Waals surface area contributed by atoms with Crippen LogP contribution in [0.1, 0.15) is 48.4 Å². The minimum absolute atomic E-state index is 0.0234. The number of allylic oxidation sites excluding steroid dienone is 1. The van der Waals surface area contributed by atoms with E-state index in [0.29, 0.717) is 17.1 Å². The van der Waals surface area contributed by atoms with Crippen LogP contribution < -0.4 is 19.5 Å². The molecule has 2 aromatic carbocycles. The fourth-order valence-corrected chi connectivity index (χ4v) is 4.21. The molecule has 2 aromatic rings. The first kappa shape index (κ1) is 19.4. The van der Waals surface area contributed by atoms with Crippen molar-refractivity contribution in [2.45, 2.75) is 44.2 Å². The summed E-state index contributed by atoms with van der Waals surface area (Å²) >= 11 is 0. The van der Waals surface area contributed by atoms with Gasteiger partial charge in [0.25, 0.3) is 0 Å². The van der Waals surface area contributed by atoms with Gasteiger partial charge in [0.15, 0.2) is 17.8 Å². The van der Waals surface area contributed by atoms with Gasteiger partial charge >= 0.3 is 0 Å². The van der Waals surface area contributed by atoms with Gasteiger partial charge in [0.05, 0.1) is 26.4 Å². The summed E-state index contributed by atoms with van der Waals surface area (Å²) in [6.07, 6.45) is 8.20. The molecule has 2 aliphatic rings. The van der Waals surface area contributed by atoms with Gasteiger partial charge in [0.2, 0.25) is 0 Å². The number of nitrogens with one attached hydrogen (secondary N) is 1. The van der Waals surface area contributed by atoms with Crippen LogP contribution >= 0.6 is 0 Å². The van der Waals surface area contributed by atoms with Crippen molar-refractivity contribution in [2.24, 2.45) is 0 Å². The van der Waals surface area contributed by atoms with Gasteiger partial charge in [-0.3, -0.25) is 4.79 Å². The lowest BCUT2D eigenvalue weighted by molar-refractivity contribution is -0.103. The third-order valence-electron chi connectivity index (χ3n) is 5.76. The fraction of sp³-hybridized carbons (Fsp3) is 0.375. The number of ether oxygens (including phenoxy) is 3. The highest BCUT2D eigenvalue weighted by molar-refractivity contribution is 6.08. The number of hydrogen-bond donors (Lipinski definition) is 1. The number of methoxy groups -OCH3 is 2. The smallest absolute Gasteiger partial charge is 0.162 e. The van der Waals surface area contributed by atoms with Gasteiger partial charge in [-0.25, -0.2) is 0 Å². The second-order valence-electron chi connectivity index (χ2n) is 7.61. The van der Waals surface area contributed by atoms with E-state index in [9.17, 15) is 4.79 Å². The van der Waals surface area contributed by atoms with Crippen LogP contribution in [0.25, 0.3) is 5.57 Å². The lowest BCUT2D eigenvalue weighted by Gasteiger charge is -2.28. The van der Waals surface area contributed by atoms with Gasteiger partial charge in [-0.05, 0) is 73.1 Å². The Kier molecular flexibility index (Phi) is 5.74. The number of carbonyl (C=O) groups excluding carboxylic acids is 1. The summed E-state index contributed by atoms with van der Waals surface area (Å²) < 4.78 is 17.2. The van der Waals surface area contributed by atoms with E-state index in [0.717, 1.165) is 48.0 Å². The molecule has 0 radical (unpaired) electrons. The molecular weight excluding hydrogens is 366 g/mol. The topological polar surface area (TPSA) is 56.8 Å². The van der Waals surface area contributed by atoms with E-state index < -0.39 is 0 Å². The van der Waals surface area contributed by atoms with Crippen molar-refractivity contribution >= 4 is 11.9 Å². The van der Waals surface area contributed by atoms with Crippen molar-refractivity contribution in [3.05, 3.63) is 59.3 Å². The van der Waals surface area contributed by atoms with Crippen molar-refractivity contribution in [1.29, 1.82) is 0 Å². The Hall–Kier alpha value is -2.95. The Morgan fingerprint density at radius 3 is 2.62 bits per heavy atom. The Morgan fingerprint density at radius 1 is 1.07 bits per heavy atom. The molecule has 0 aromatic heterocycles. The monoisotopic (exact) mass is 393 g/mol. The zero-order valence-electron chi connectivity index (χ0n) is 16.9. The summed E-state index contributed by atoms with van der Waals surface area (Å²) in [4.78, 5) is 11.7. The number of carbonyl (C=O) groups is 1. The van der Waals surface area contributed by atoms with E-state index in [1.807, 2.05) is 30.3 Å². The molecular formula is C24H27NO4. The summed E-state index contributed by atoms with van der Waals surface area (Å²) in [6, 6.07) is 12.0. The minimum atomic E-state index is 0.0234. The number of hydrogen-bond acceptors (Lipinski definition) is 5. The van der Waals surface area contributed by atoms with Crippen molar-refractivity contribution < 1.29 is 19.0 Å². The molecule has 0 bridgehead atoms. The molecule has 0 amide bonds. The summed E-state index contributed by atoms with van der Waals surface area (Å²) in [5.41, 5.74) is 3.72. The lowest BCUT2D eigenvalue weighted by atomic mass is 9.89. The standard InChI is InChI=1S/C24H27NO4/c1-27-19-9-5-6-16(10-19)11-22-21-13-23(28-2)24(29-18-7-3-4-8-18)12-20(21)17(15-26)14-25-22/h5-6,9-10,12-15,18,22,25H,3-4,7-8,11H2,1-2H3. The summed E-state index contributed by atoms with van der Waals surface area (Å²) in [6.45, 7) is 0. The van der Waals surface area contributed by atoms with Crippen LogP contribution in [0.4, 0.5) is 0 Å². The van der Waals surface area contributed by atoms with Crippen molar-refractivity contribution in [1.82, 2.24) is 5.32 Å². The molecule has 1 heterocycles. The molecule has 1 atom stereocenters. The molecule has 1 saturated carbocycles. The number of fused-ring (bicyclic) bond motifs is 1. The molecule has 1 aliphatic carbocycles. The van der Waals surface area contributed by atoms with E-state index in [1.54, 1.807) is 20.4 Å². The number of benzene rings is 2. The third-order valence-corrected chi connectivity index (χ3v) is 5.76. The Labute approximate surface area is 171 Å². The maximum absolute atomic E-state index is 11.7. The average molecular weight is 393 g/mol. The predicted octanol–water partition coefficient (Wildman–Crippen LogP) is 4.45. The third kappa shape index (κ3) is 4.09. The summed E-state index contributed by atoms with van der Waals surface area (Å²) in [5.74, 6) is 2.26. The Balaban J connectivity index is 1.68. The van der Waals surface area contributed by atoms with Crippen molar-refractivity contribution in [3.63, 3.8) is 0 Å². The van der Waals surface area contributed by atoms with Crippen LogP contribution in [-0.2, 0) is 11.2 Å². The molecule has 5 nitrogen and oxygen atoms in total. The van der Waals surface area contributed by atoms with Gasteiger partial charge in [-0.15, -0.1) is 0 Å². The average Bonchev–Trinajstić information content (AvgIpc) is 3.27. The van der Waals surface area contributed by atoms with E-state index in [2.05, 4.69) is 11.4 Å². The first-order chi connectivity index (χ1) is 14.2. The maximum Gasteiger partial charge on any atom is 0.162 e. The van der Waals surface area contributed by atoms with Gasteiger partial charge in [0.1, 0.15) is 5.75 Å². The second-order valence-corrected chi connectivity index (χ2v) is 7.61. The SMILES string of the molecule is COc1cccc(CC2NC=C(C=O)c3cc(OC4CCCC4)c(OC)cc32)c1. The van der Waals surface area contributed by atoms with Gasteiger partial charge in [-0.2, -0.15) is 0 Å². The molecule has 29 heavy (non-hydrogen) atoms. The summed E-state index contributed by atoms with van der Waals surface area (Å²) in [7, 11) is 3.33. The van der Waals surface area contributed by atoms with E-state index in [-0.39, 0.29) is 12.1 Å². The Bertz CT molecular complexity index is 915. The van der Waals surface area contributed by atoms with E-state index in [1.165, 1.54) is 12.8 Å². The lowest BCUT2D eigenvalue weighted by Crippen LogP contribution is -2.24. The van der Waals surface area contributed by atoms with Crippen LogP contribution in [0.5, 0.6) is 17.2 Å². The van der Waals surface area contributed by atoms with Crippen LogP contribution in [0.3, 0.4) is 0 Å². The number of aldehydes is 1. The molecule has 152 valence electrons. The molecule has 0 spiro atoms. The van der Waals surface area contributed by atoms with Crippen LogP contribution in [0, 0.1) is 0 Å². The van der Waals surface area contributed by atoms with Gasteiger partial charge in [0, 0.05) is 11.8 Å². The normalized spacial score (nSPS) is 18.4. The number of rotatable bonds is 7. The van der Waals surface area contributed by atoms with E-state index in [4.69, 9.17) is 14.2 Å². The largest absolute Gasteiger partial charge is 0.497 e. The Morgan fingerprint density at radius 2 is 1.90 bits per heavy atom. The molecule has 4 rings (SSSR count). The maximum atomic E-state index is 11.7.